The van der Waals surface area contributed by atoms with E-state index >= 15 is 8.78 Å². The first kappa shape index (κ1) is 31.3. The van der Waals surface area contributed by atoms with Crippen LogP contribution in [0, 0.1) is 11.6 Å². The molecular weight excluding hydrogens is 614 g/mol. The minimum Gasteiger partial charge on any atom is -0.349 e. The van der Waals surface area contributed by atoms with Gasteiger partial charge < -0.3 is 9.80 Å². The fraction of sp³-hybridized carbons (Fsp3) is 0.333. The predicted octanol–water partition coefficient (Wildman–Crippen LogP) is 5.53. The van der Waals surface area contributed by atoms with E-state index < -0.39 is 17.3 Å². The lowest BCUT2D eigenvalue weighted by Crippen LogP contribution is -2.58. The number of carbonyl (C=O) groups excluding carboxylic acids is 1. The van der Waals surface area contributed by atoms with E-state index in [4.69, 9.17) is 4.98 Å². The van der Waals surface area contributed by atoms with Crippen molar-refractivity contribution in [3.8, 4) is 22.6 Å². The highest BCUT2D eigenvalue weighted by molar-refractivity contribution is 5.92. The van der Waals surface area contributed by atoms with Crippen molar-refractivity contribution in [1.82, 2.24) is 34.4 Å². The monoisotopic (exact) mass is 650 g/mol. The number of pyridine rings is 1. The van der Waals surface area contributed by atoms with Crippen LogP contribution in [0.5, 0.6) is 0 Å². The van der Waals surface area contributed by atoms with Gasteiger partial charge in [0.2, 0.25) is 5.91 Å². The molecule has 0 spiro atoms. The van der Waals surface area contributed by atoms with E-state index in [2.05, 4.69) is 21.9 Å². The summed E-state index contributed by atoms with van der Waals surface area (Å²) < 4.78 is 35.3. The van der Waals surface area contributed by atoms with Crippen LogP contribution in [-0.2, 0) is 17.6 Å². The summed E-state index contributed by atoms with van der Waals surface area (Å²) in [5, 5.41) is 8.87. The Labute approximate surface area is 276 Å². The smallest absolute Gasteiger partial charge is 0.349 e. The normalized spacial score (nSPS) is 17.7. The number of nitrogens with zero attached hydrogens (tertiary/aromatic N) is 8. The molecule has 1 amide bonds. The van der Waals surface area contributed by atoms with Crippen LogP contribution in [0.25, 0.3) is 33.7 Å². The van der Waals surface area contributed by atoms with Crippen LogP contribution in [0.1, 0.15) is 56.9 Å². The Bertz CT molecular complexity index is 2160. The SMILES string of the molecule is C=CC(=O)N1C[C@H](C)N(c2nc(=O)n3c4nc(c(F)cc24)-c2c(F)cccc2-n2cc(nn2)CCCc2cccc(C(C)C)c2-3)C[C@H]1C. The quantitative estimate of drug-likeness (QED) is 0.237. The minimum atomic E-state index is -0.784. The summed E-state index contributed by atoms with van der Waals surface area (Å²) in [5.74, 6) is -1.39. The first-order valence-corrected chi connectivity index (χ1v) is 16.2. The molecule has 2 aliphatic heterocycles. The van der Waals surface area contributed by atoms with Gasteiger partial charge >= 0.3 is 5.69 Å². The topological polar surface area (TPSA) is 102 Å². The Morgan fingerprint density at radius 3 is 2.58 bits per heavy atom. The van der Waals surface area contributed by atoms with E-state index in [0.717, 1.165) is 11.1 Å². The molecule has 0 aliphatic carbocycles. The van der Waals surface area contributed by atoms with Crippen molar-refractivity contribution < 1.29 is 13.6 Å². The molecule has 246 valence electrons. The Morgan fingerprint density at radius 2 is 1.81 bits per heavy atom. The lowest BCUT2D eigenvalue weighted by molar-refractivity contribution is -0.128. The highest BCUT2D eigenvalue weighted by Crippen LogP contribution is 2.37. The fourth-order valence-corrected chi connectivity index (χ4v) is 7.03. The van der Waals surface area contributed by atoms with Crippen molar-refractivity contribution in [2.45, 2.75) is 65.0 Å². The molecule has 5 heterocycles. The number of benzene rings is 2. The third kappa shape index (κ3) is 5.15. The fourth-order valence-electron chi connectivity index (χ4n) is 7.03. The molecule has 0 saturated carbocycles. The maximum absolute atomic E-state index is 16.5. The van der Waals surface area contributed by atoms with Gasteiger partial charge in [0.25, 0.3) is 0 Å². The predicted molar refractivity (Wildman–Crippen MR) is 180 cm³/mol. The standard InChI is InChI=1S/C36H36F2N8O2/c1-6-30(47)43-17-22(5)44(18-21(43)4)34-26-16-28(38)32-31-27(37)14-9-15-29(31)45-19-24(41-42-45)12-7-10-23-11-8-13-25(20(2)3)33(23)46(35(26)39-32)36(48)40-34/h6,8-9,11,13-16,19-22H,1,7,10,12,17-18H2,2-5H3/t21-,22+/m1/s1. The number of para-hydroxylation sites is 1. The molecule has 2 aromatic carbocycles. The Hall–Kier alpha value is -5.26. The van der Waals surface area contributed by atoms with Crippen molar-refractivity contribution in [3.63, 3.8) is 0 Å². The molecule has 0 unspecified atom stereocenters. The number of aromatic nitrogens is 6. The van der Waals surface area contributed by atoms with E-state index in [1.54, 1.807) is 17.2 Å². The molecule has 2 aliphatic rings. The third-order valence-electron chi connectivity index (χ3n) is 9.41. The van der Waals surface area contributed by atoms with Gasteiger partial charge in [-0.3, -0.25) is 4.79 Å². The van der Waals surface area contributed by atoms with Gasteiger partial charge in [-0.1, -0.05) is 49.9 Å². The van der Waals surface area contributed by atoms with Crippen molar-refractivity contribution >= 4 is 22.8 Å². The minimum absolute atomic E-state index is 0.0230. The molecule has 2 atom stereocenters. The number of piperazine rings is 1. The number of halogens is 2. The van der Waals surface area contributed by atoms with Gasteiger partial charge in [-0.05, 0) is 74.4 Å². The van der Waals surface area contributed by atoms with Crippen molar-refractivity contribution in [1.29, 1.82) is 0 Å². The average molecular weight is 651 g/mol. The number of rotatable bonds is 3. The number of anilines is 1. The van der Waals surface area contributed by atoms with E-state index in [1.807, 2.05) is 50.8 Å². The molecule has 5 aromatic rings. The maximum Gasteiger partial charge on any atom is 0.355 e. The molecular formula is C36H36F2N8O2. The largest absolute Gasteiger partial charge is 0.355 e. The summed E-state index contributed by atoms with van der Waals surface area (Å²) in [6.07, 6.45) is 4.93. The summed E-state index contributed by atoms with van der Waals surface area (Å²) in [5.41, 5.74) is 2.64. The Kier molecular flexibility index (Phi) is 7.89. The van der Waals surface area contributed by atoms with Crippen molar-refractivity contribution in [2.24, 2.45) is 0 Å². The number of aryl methyl sites for hydroxylation is 2. The van der Waals surface area contributed by atoms with Crippen LogP contribution in [-0.4, -0.2) is 65.5 Å². The number of amides is 1. The second-order valence-corrected chi connectivity index (χ2v) is 12.9. The molecule has 0 radical (unpaired) electrons. The second kappa shape index (κ2) is 12.1. The highest BCUT2D eigenvalue weighted by Gasteiger charge is 2.34. The molecule has 4 bridgehead atoms. The van der Waals surface area contributed by atoms with Gasteiger partial charge in [0.05, 0.1) is 34.2 Å². The van der Waals surface area contributed by atoms with Gasteiger partial charge in [0.15, 0.2) is 11.5 Å². The molecule has 3 aromatic heterocycles. The lowest BCUT2D eigenvalue weighted by Gasteiger charge is -2.44. The van der Waals surface area contributed by atoms with Crippen LogP contribution in [0.2, 0.25) is 0 Å². The Morgan fingerprint density at radius 1 is 1.02 bits per heavy atom. The van der Waals surface area contributed by atoms with E-state index in [9.17, 15) is 9.59 Å². The zero-order chi connectivity index (χ0) is 33.9. The number of carbonyl (C=O) groups is 1. The molecule has 10 nitrogen and oxygen atoms in total. The molecule has 1 saturated heterocycles. The zero-order valence-corrected chi connectivity index (χ0v) is 27.3. The molecule has 48 heavy (non-hydrogen) atoms. The summed E-state index contributed by atoms with van der Waals surface area (Å²) in [7, 11) is 0. The van der Waals surface area contributed by atoms with Crippen LogP contribution < -0.4 is 10.6 Å². The molecule has 7 rings (SSSR count). The first-order chi connectivity index (χ1) is 23.1. The van der Waals surface area contributed by atoms with Crippen LogP contribution in [0.4, 0.5) is 14.6 Å². The number of hydrogen-bond acceptors (Lipinski definition) is 7. The molecule has 12 heteroatoms. The van der Waals surface area contributed by atoms with Crippen LogP contribution in [0.3, 0.4) is 0 Å². The molecule has 1 fully saturated rings. The third-order valence-corrected chi connectivity index (χ3v) is 9.41. The van der Waals surface area contributed by atoms with E-state index in [1.165, 1.54) is 33.5 Å². The summed E-state index contributed by atoms with van der Waals surface area (Å²) in [4.78, 5) is 40.1. The number of hydrogen-bond donors (Lipinski definition) is 0. The first-order valence-electron chi connectivity index (χ1n) is 16.2. The van der Waals surface area contributed by atoms with Gasteiger partial charge in [-0.25, -0.2) is 27.8 Å². The van der Waals surface area contributed by atoms with Gasteiger partial charge in [0.1, 0.15) is 17.3 Å². The van der Waals surface area contributed by atoms with Gasteiger partial charge in [0, 0.05) is 25.2 Å². The van der Waals surface area contributed by atoms with E-state index in [0.29, 0.717) is 49.1 Å². The van der Waals surface area contributed by atoms with Crippen LogP contribution >= 0.6 is 0 Å². The lowest BCUT2D eigenvalue weighted by atomic mass is 9.94. The summed E-state index contributed by atoms with van der Waals surface area (Å²) in [6.45, 7) is 12.3. The van der Waals surface area contributed by atoms with Crippen molar-refractivity contribution in [3.05, 3.63) is 100 Å². The summed E-state index contributed by atoms with van der Waals surface area (Å²) in [6, 6.07) is 11.1. The van der Waals surface area contributed by atoms with Gasteiger partial charge in [-0.15, -0.1) is 5.10 Å². The molecule has 0 N–H and O–H groups in total. The second-order valence-electron chi connectivity index (χ2n) is 12.9. The van der Waals surface area contributed by atoms with E-state index in [-0.39, 0.29) is 52.3 Å². The number of fused-ring (bicyclic) bond motifs is 8. The van der Waals surface area contributed by atoms with Crippen LogP contribution in [0.15, 0.2) is 66.1 Å². The zero-order valence-electron chi connectivity index (χ0n) is 27.3. The van der Waals surface area contributed by atoms with Gasteiger partial charge in [-0.2, -0.15) is 4.98 Å². The maximum atomic E-state index is 16.5. The highest BCUT2D eigenvalue weighted by atomic mass is 19.1. The Balaban J connectivity index is 1.57. The van der Waals surface area contributed by atoms with Crippen molar-refractivity contribution in [2.75, 3.05) is 18.0 Å². The summed E-state index contributed by atoms with van der Waals surface area (Å²) >= 11 is 0. The average Bonchev–Trinajstić information content (AvgIpc) is 3.53.